The molecule has 144 valence electrons. The van der Waals surface area contributed by atoms with Gasteiger partial charge in [-0.25, -0.2) is 0 Å². The van der Waals surface area contributed by atoms with E-state index in [-0.39, 0.29) is 11.8 Å². The number of amides is 2. The van der Waals surface area contributed by atoms with Gasteiger partial charge in [-0.05, 0) is 30.3 Å². The lowest BCUT2D eigenvalue weighted by Gasteiger charge is -2.12. The molecule has 2 amide bonds. The van der Waals surface area contributed by atoms with Crippen molar-refractivity contribution in [2.45, 2.75) is 6.42 Å². The van der Waals surface area contributed by atoms with Crippen LogP contribution in [0.5, 0.6) is 5.75 Å². The van der Waals surface area contributed by atoms with Crippen LogP contribution < -0.4 is 21.1 Å². The molecule has 2 rings (SSSR count). The second-order valence-corrected chi connectivity index (χ2v) is 5.77. The Kier molecular flexibility index (Phi) is 8.28. The first-order valence-corrected chi connectivity index (χ1v) is 8.76. The first kappa shape index (κ1) is 20.4. The molecule has 0 saturated carbocycles. The normalized spacial score (nSPS) is 10.3. The summed E-state index contributed by atoms with van der Waals surface area (Å²) in [7, 11) is 1.64. The molecule has 0 aliphatic rings. The van der Waals surface area contributed by atoms with Crippen LogP contribution >= 0.6 is 0 Å². The van der Waals surface area contributed by atoms with Crippen LogP contribution in [-0.4, -0.2) is 45.2 Å². The summed E-state index contributed by atoms with van der Waals surface area (Å²) in [5, 5.41) is 5.48. The van der Waals surface area contributed by atoms with Gasteiger partial charge in [0.05, 0.1) is 17.9 Å². The predicted molar refractivity (Wildman–Crippen MR) is 104 cm³/mol. The Bertz CT molecular complexity index is 764. The van der Waals surface area contributed by atoms with Crippen molar-refractivity contribution >= 4 is 17.5 Å². The van der Waals surface area contributed by atoms with Crippen LogP contribution in [0.15, 0.2) is 48.5 Å². The topological polar surface area (TPSA) is 103 Å². The van der Waals surface area contributed by atoms with Gasteiger partial charge in [-0.15, -0.1) is 0 Å². The Balaban J connectivity index is 2.06. The number of ether oxygens (including phenoxy) is 2. The molecule has 0 bridgehead atoms. The first-order chi connectivity index (χ1) is 13.2. The van der Waals surface area contributed by atoms with Gasteiger partial charge in [0.25, 0.3) is 11.8 Å². The third-order valence-electron chi connectivity index (χ3n) is 3.71. The molecular formula is C20H25N3O4. The molecular weight excluding hydrogens is 346 g/mol. The third kappa shape index (κ3) is 6.40. The molecule has 0 aliphatic carbocycles. The average molecular weight is 371 g/mol. The zero-order valence-electron chi connectivity index (χ0n) is 15.4. The highest BCUT2D eigenvalue weighted by Crippen LogP contribution is 2.18. The van der Waals surface area contributed by atoms with Crippen molar-refractivity contribution in [3.8, 4) is 5.75 Å². The molecule has 7 heteroatoms. The summed E-state index contributed by atoms with van der Waals surface area (Å²) in [5.74, 6) is -0.00396. The molecule has 0 saturated heterocycles. The highest BCUT2D eigenvalue weighted by atomic mass is 16.5. The number of rotatable bonds is 10. The molecule has 0 radical (unpaired) electrons. The van der Waals surface area contributed by atoms with E-state index < -0.39 is 0 Å². The van der Waals surface area contributed by atoms with Crippen molar-refractivity contribution in [1.82, 2.24) is 5.32 Å². The predicted octanol–water partition coefficient (Wildman–Crippen LogP) is 2.04. The first-order valence-electron chi connectivity index (χ1n) is 8.76. The molecule has 0 aliphatic heterocycles. The minimum absolute atomic E-state index is 0.286. The van der Waals surface area contributed by atoms with Crippen molar-refractivity contribution in [1.29, 1.82) is 0 Å². The molecule has 4 N–H and O–H groups in total. The molecule has 0 atom stereocenters. The van der Waals surface area contributed by atoms with Crippen molar-refractivity contribution in [3.63, 3.8) is 0 Å². The van der Waals surface area contributed by atoms with Gasteiger partial charge in [-0.2, -0.15) is 0 Å². The van der Waals surface area contributed by atoms with Gasteiger partial charge in [-0.3, -0.25) is 9.59 Å². The van der Waals surface area contributed by atoms with Crippen molar-refractivity contribution in [2.24, 2.45) is 5.73 Å². The second-order valence-electron chi connectivity index (χ2n) is 5.77. The number of nitrogens with two attached hydrogens (primary N) is 1. The van der Waals surface area contributed by atoms with Gasteiger partial charge in [-0.1, -0.05) is 18.2 Å². The van der Waals surface area contributed by atoms with Crippen LogP contribution in [0.1, 0.15) is 27.1 Å². The average Bonchev–Trinajstić information content (AvgIpc) is 2.70. The van der Waals surface area contributed by atoms with E-state index in [1.165, 1.54) is 0 Å². The molecule has 2 aromatic rings. The number of hydrogen-bond acceptors (Lipinski definition) is 5. The molecule has 0 fully saturated rings. The van der Waals surface area contributed by atoms with E-state index >= 15 is 0 Å². The molecule has 0 heterocycles. The Morgan fingerprint density at radius 2 is 1.85 bits per heavy atom. The van der Waals surface area contributed by atoms with Gasteiger partial charge in [0, 0.05) is 38.8 Å². The largest absolute Gasteiger partial charge is 0.493 e. The van der Waals surface area contributed by atoms with Gasteiger partial charge in [0.2, 0.25) is 0 Å². The van der Waals surface area contributed by atoms with E-state index in [0.29, 0.717) is 48.9 Å². The van der Waals surface area contributed by atoms with E-state index in [1.54, 1.807) is 55.6 Å². The third-order valence-corrected chi connectivity index (χ3v) is 3.71. The van der Waals surface area contributed by atoms with Crippen LogP contribution in [0.3, 0.4) is 0 Å². The fraction of sp³-hybridized carbons (Fsp3) is 0.300. The Morgan fingerprint density at radius 3 is 2.63 bits per heavy atom. The van der Waals surface area contributed by atoms with Crippen LogP contribution in [0.2, 0.25) is 0 Å². The number of hydrogen-bond donors (Lipinski definition) is 3. The number of anilines is 1. The standard InChI is InChI=1S/C20H25N3O4/c1-26-12-5-13-27-16-7-4-6-15(14-16)19(24)23-18-9-3-2-8-17(18)20(25)22-11-10-21/h2-4,6-9,14H,5,10-13,21H2,1H3,(H,22,25)(H,23,24). The number of methoxy groups -OCH3 is 1. The maximum absolute atomic E-state index is 12.6. The lowest BCUT2D eigenvalue weighted by molar-refractivity contribution is 0.0955. The Hall–Kier alpha value is -2.90. The zero-order valence-corrected chi connectivity index (χ0v) is 15.4. The quantitative estimate of drug-likeness (QED) is 0.555. The fourth-order valence-corrected chi connectivity index (χ4v) is 2.39. The van der Waals surface area contributed by atoms with Gasteiger partial charge in [0.1, 0.15) is 5.75 Å². The SMILES string of the molecule is COCCCOc1cccc(C(=O)Nc2ccccc2C(=O)NCCN)c1. The monoisotopic (exact) mass is 371 g/mol. The van der Waals surface area contributed by atoms with E-state index in [2.05, 4.69) is 10.6 Å². The summed E-state index contributed by atoms with van der Waals surface area (Å²) in [6.45, 7) is 1.83. The number of nitrogens with one attached hydrogen (secondary N) is 2. The van der Waals surface area contributed by atoms with Crippen LogP contribution in [0.4, 0.5) is 5.69 Å². The van der Waals surface area contributed by atoms with E-state index in [1.807, 2.05) is 0 Å². The summed E-state index contributed by atoms with van der Waals surface area (Å²) in [6.07, 6.45) is 0.762. The Labute approximate surface area is 158 Å². The van der Waals surface area contributed by atoms with Gasteiger partial charge in [0.15, 0.2) is 0 Å². The highest BCUT2D eigenvalue weighted by molar-refractivity contribution is 6.09. The van der Waals surface area contributed by atoms with E-state index in [4.69, 9.17) is 15.2 Å². The minimum atomic E-state index is -0.323. The summed E-state index contributed by atoms with van der Waals surface area (Å²) in [6, 6.07) is 13.7. The second kappa shape index (κ2) is 10.9. The smallest absolute Gasteiger partial charge is 0.255 e. The summed E-state index contributed by atoms with van der Waals surface area (Å²) in [4.78, 5) is 24.8. The number of carbonyl (C=O) groups is 2. The highest BCUT2D eigenvalue weighted by Gasteiger charge is 2.14. The molecule has 27 heavy (non-hydrogen) atoms. The van der Waals surface area contributed by atoms with Crippen LogP contribution in [0, 0.1) is 0 Å². The van der Waals surface area contributed by atoms with E-state index in [0.717, 1.165) is 6.42 Å². The lowest BCUT2D eigenvalue weighted by atomic mass is 10.1. The molecule has 7 nitrogen and oxygen atoms in total. The number of para-hydroxylation sites is 1. The Morgan fingerprint density at radius 1 is 1.04 bits per heavy atom. The minimum Gasteiger partial charge on any atom is -0.493 e. The molecule has 0 unspecified atom stereocenters. The van der Waals surface area contributed by atoms with Crippen molar-refractivity contribution < 1.29 is 19.1 Å². The summed E-state index contributed by atoms with van der Waals surface area (Å²) >= 11 is 0. The summed E-state index contributed by atoms with van der Waals surface area (Å²) < 4.78 is 10.6. The fourth-order valence-electron chi connectivity index (χ4n) is 2.39. The van der Waals surface area contributed by atoms with Crippen LogP contribution in [-0.2, 0) is 4.74 Å². The molecule has 2 aromatic carbocycles. The van der Waals surface area contributed by atoms with Crippen LogP contribution in [0.25, 0.3) is 0 Å². The van der Waals surface area contributed by atoms with Crippen molar-refractivity contribution in [3.05, 3.63) is 59.7 Å². The maximum Gasteiger partial charge on any atom is 0.255 e. The van der Waals surface area contributed by atoms with Gasteiger partial charge >= 0.3 is 0 Å². The van der Waals surface area contributed by atoms with Crippen molar-refractivity contribution in [2.75, 3.05) is 38.7 Å². The number of benzene rings is 2. The molecule has 0 spiro atoms. The molecule has 0 aromatic heterocycles. The maximum atomic E-state index is 12.6. The number of carbonyl (C=O) groups excluding carboxylic acids is 2. The van der Waals surface area contributed by atoms with E-state index in [9.17, 15) is 9.59 Å². The van der Waals surface area contributed by atoms with Gasteiger partial charge < -0.3 is 25.8 Å². The lowest BCUT2D eigenvalue weighted by Crippen LogP contribution is -2.30. The zero-order chi connectivity index (χ0) is 19.5. The summed E-state index contributed by atoms with van der Waals surface area (Å²) in [5.41, 5.74) is 6.67.